The molecule has 1 aliphatic heterocycles. The molecule has 0 aromatic rings. The van der Waals surface area contributed by atoms with Gasteiger partial charge in [0.2, 0.25) is 0 Å². The summed E-state index contributed by atoms with van der Waals surface area (Å²) in [7, 11) is 0. The molecule has 0 aliphatic carbocycles. The van der Waals surface area contributed by atoms with Crippen molar-refractivity contribution in [3.8, 4) is 142 Å². The summed E-state index contributed by atoms with van der Waals surface area (Å²) in [5.74, 6) is 59.5. The van der Waals surface area contributed by atoms with Gasteiger partial charge in [0.25, 0.3) is 5.91 Å². The van der Waals surface area contributed by atoms with Crippen LogP contribution in [0.3, 0.4) is 0 Å². The Hall–Kier alpha value is -6.01. The Bertz CT molecular complexity index is 2170. The van der Waals surface area contributed by atoms with Gasteiger partial charge in [-0.1, -0.05) is 89.9 Å². The highest BCUT2D eigenvalue weighted by molar-refractivity contribution is 5.94. The van der Waals surface area contributed by atoms with E-state index in [9.17, 15) is 9.90 Å². The van der Waals surface area contributed by atoms with Crippen molar-refractivity contribution in [1.82, 2.24) is 5.32 Å². The fourth-order valence-electron chi connectivity index (χ4n) is 5.57. The third-order valence-corrected chi connectivity index (χ3v) is 8.22. The molecule has 0 aromatic heterocycles. The molecule has 4 atom stereocenters. The van der Waals surface area contributed by atoms with Crippen molar-refractivity contribution in [2.24, 2.45) is 0 Å². The first kappa shape index (κ1) is 53.0. The molecule has 1 amide bonds. The summed E-state index contributed by atoms with van der Waals surface area (Å²) in [6, 6.07) is -0.707. The third-order valence-electron chi connectivity index (χ3n) is 8.22. The van der Waals surface area contributed by atoms with E-state index in [2.05, 4.69) is 154 Å². The molecule has 0 radical (unpaired) electrons. The van der Waals surface area contributed by atoms with Gasteiger partial charge in [-0.05, 0) is 143 Å². The van der Waals surface area contributed by atoms with Crippen LogP contribution in [-0.2, 0) is 23.7 Å². The van der Waals surface area contributed by atoms with Crippen LogP contribution in [0, 0.1) is 142 Å². The van der Waals surface area contributed by atoms with Crippen molar-refractivity contribution in [1.29, 1.82) is 0 Å². The van der Waals surface area contributed by atoms with Gasteiger partial charge in [0.1, 0.15) is 12.2 Å². The second-order valence-corrected chi connectivity index (χ2v) is 15.1. The van der Waals surface area contributed by atoms with Gasteiger partial charge in [-0.15, -0.1) is 0 Å². The summed E-state index contributed by atoms with van der Waals surface area (Å²) < 4.78 is 24.0. The molecule has 1 aliphatic rings. The van der Waals surface area contributed by atoms with Gasteiger partial charge >= 0.3 is 0 Å². The molecule has 1 heterocycles. The molecule has 316 valence electrons. The summed E-state index contributed by atoms with van der Waals surface area (Å²) in [6.45, 7) is 14.1. The highest BCUT2D eigenvalue weighted by atomic mass is 16.7. The van der Waals surface area contributed by atoms with Gasteiger partial charge in [-0.25, -0.2) is 0 Å². The molecule has 1 fully saturated rings. The molecule has 61 heavy (non-hydrogen) atoms. The maximum atomic E-state index is 13.0. The fraction of sp³-hybridized carbons (Fsp3) is 0.537. The van der Waals surface area contributed by atoms with Gasteiger partial charge in [-0.2, -0.15) is 0 Å². The van der Waals surface area contributed by atoms with Crippen LogP contribution in [0.25, 0.3) is 0 Å². The first-order valence-corrected chi connectivity index (χ1v) is 21.0. The van der Waals surface area contributed by atoms with Crippen molar-refractivity contribution in [3.63, 3.8) is 0 Å². The maximum Gasteiger partial charge on any atom is 0.297 e. The summed E-state index contributed by atoms with van der Waals surface area (Å²) >= 11 is 0. The lowest BCUT2D eigenvalue weighted by Crippen LogP contribution is -2.54. The van der Waals surface area contributed by atoms with E-state index >= 15 is 0 Å². The van der Waals surface area contributed by atoms with Crippen LogP contribution in [0.4, 0.5) is 0 Å². The second kappa shape index (κ2) is 34.8. The van der Waals surface area contributed by atoms with Crippen LogP contribution in [0.5, 0.6) is 0 Å². The number of aliphatic hydroxyl groups excluding tert-OH is 1. The number of ether oxygens (including phenoxy) is 4. The Labute approximate surface area is 368 Å². The van der Waals surface area contributed by atoms with Crippen LogP contribution >= 0.6 is 0 Å². The molecule has 0 bridgehead atoms. The van der Waals surface area contributed by atoms with Gasteiger partial charge in [-0.3, -0.25) is 4.79 Å². The van der Waals surface area contributed by atoms with Crippen LogP contribution in [0.1, 0.15) is 132 Å². The van der Waals surface area contributed by atoms with Crippen LogP contribution in [0.2, 0.25) is 0 Å². The molecule has 0 unspecified atom stereocenters. The molecular weight excluding hydrogens is 759 g/mol. The predicted octanol–water partition coefficient (Wildman–Crippen LogP) is 6.34. The first-order valence-electron chi connectivity index (χ1n) is 21.0. The van der Waals surface area contributed by atoms with E-state index < -0.39 is 35.5 Å². The van der Waals surface area contributed by atoms with Gasteiger partial charge in [0, 0.05) is 41.4 Å². The highest BCUT2D eigenvalue weighted by Gasteiger charge is 2.36. The summed E-state index contributed by atoms with van der Waals surface area (Å²) in [4.78, 5) is 13.0. The number of carbonyl (C=O) groups excluding carboxylic acids is 1. The SMILES string of the molecule is CC#CC#CC#CC#CC#CC#CC#CC#CC#CC#CC#CC#CC(=O)N[C@@H](COC[C@H]1COC(C)(C)O1)[C@H](OC(C)(C)C)[C@H](O)CCCCCCCCCCCCCC. The molecule has 0 spiro atoms. The topological polar surface area (TPSA) is 86.3 Å². The quantitative estimate of drug-likeness (QED) is 0.104. The zero-order valence-corrected chi connectivity index (χ0v) is 37.1. The van der Waals surface area contributed by atoms with Crippen LogP contribution < -0.4 is 5.32 Å². The standard InChI is InChI=1S/C54H59NO6/c1-8-10-12-14-16-18-20-22-23-24-25-26-27-28-29-30-31-32-34-36-38-40-42-44-51(57)55-49(47-58-45-48-46-59-54(6,7)60-48)52(61-53(3,4)5)50(56)43-41-39-37-35-33-21-19-17-15-13-11-9-2/h48-50,52,56H,9,11,13,15,17,19,21,33,35,37,39,41,43,45-47H2,1-7H3,(H,55,57)/t48-,49-,50+,52-/m0/s1. The summed E-state index contributed by atoms with van der Waals surface area (Å²) in [5.41, 5.74) is -0.603. The first-order chi connectivity index (χ1) is 29.5. The largest absolute Gasteiger partial charge is 0.390 e. The molecule has 1 saturated heterocycles. The average Bonchev–Trinajstić information content (AvgIpc) is 3.57. The van der Waals surface area contributed by atoms with Crippen LogP contribution in [0.15, 0.2) is 0 Å². The third kappa shape index (κ3) is 32.5. The monoisotopic (exact) mass is 817 g/mol. The number of rotatable bonds is 21. The normalized spacial score (nSPS) is 13.7. The van der Waals surface area contributed by atoms with Gasteiger partial charge < -0.3 is 29.4 Å². The zero-order chi connectivity index (χ0) is 44.7. The van der Waals surface area contributed by atoms with E-state index in [4.69, 9.17) is 18.9 Å². The molecule has 1 rings (SSSR count). The lowest BCUT2D eigenvalue weighted by molar-refractivity contribution is -0.152. The second-order valence-electron chi connectivity index (χ2n) is 15.1. The molecule has 7 nitrogen and oxygen atoms in total. The van der Waals surface area contributed by atoms with Crippen molar-refractivity contribution in [2.45, 2.75) is 168 Å². The van der Waals surface area contributed by atoms with E-state index in [1.165, 1.54) is 57.8 Å². The maximum absolute atomic E-state index is 13.0. The minimum absolute atomic E-state index is 0.0654. The molecular formula is C54H59NO6. The minimum atomic E-state index is -0.841. The molecule has 0 aromatic carbocycles. The Morgan fingerprint density at radius 1 is 0.672 bits per heavy atom. The number of unbranched alkanes of at least 4 members (excludes halogenated alkanes) is 11. The van der Waals surface area contributed by atoms with Gasteiger partial charge in [0.15, 0.2) is 5.79 Å². The number of hydrogen-bond donors (Lipinski definition) is 2. The van der Waals surface area contributed by atoms with Crippen molar-refractivity contribution in [3.05, 3.63) is 0 Å². The van der Waals surface area contributed by atoms with Crippen molar-refractivity contribution >= 4 is 5.91 Å². The number of amides is 1. The van der Waals surface area contributed by atoms with Gasteiger partial charge in [0.05, 0.1) is 37.6 Å². The Morgan fingerprint density at radius 2 is 1.08 bits per heavy atom. The summed E-state index contributed by atoms with van der Waals surface area (Å²) in [5, 5.41) is 14.4. The Morgan fingerprint density at radius 3 is 1.48 bits per heavy atom. The fourth-order valence-corrected chi connectivity index (χ4v) is 5.57. The Kier molecular flexibility index (Phi) is 30.3. The van der Waals surface area contributed by atoms with E-state index in [0.717, 1.165) is 19.3 Å². The zero-order valence-electron chi connectivity index (χ0n) is 37.1. The minimum Gasteiger partial charge on any atom is -0.390 e. The van der Waals surface area contributed by atoms with E-state index in [0.29, 0.717) is 13.0 Å². The predicted molar refractivity (Wildman–Crippen MR) is 243 cm³/mol. The number of nitrogens with one attached hydrogen (secondary N) is 1. The van der Waals surface area contributed by atoms with Crippen molar-refractivity contribution in [2.75, 3.05) is 19.8 Å². The van der Waals surface area contributed by atoms with E-state index in [-0.39, 0.29) is 19.3 Å². The Balaban J connectivity index is 2.81. The molecule has 7 heteroatoms. The highest BCUT2D eigenvalue weighted by Crippen LogP contribution is 2.24. The average molecular weight is 818 g/mol. The van der Waals surface area contributed by atoms with E-state index in [1.54, 1.807) is 6.92 Å². The molecule has 2 N–H and O–H groups in total. The van der Waals surface area contributed by atoms with E-state index in [1.807, 2.05) is 34.6 Å². The number of aliphatic hydroxyl groups is 1. The lowest BCUT2D eigenvalue weighted by Gasteiger charge is -2.36. The summed E-state index contributed by atoms with van der Waals surface area (Å²) in [6.07, 6.45) is 13.4. The number of carbonyl (C=O) groups is 1. The van der Waals surface area contributed by atoms with Crippen molar-refractivity contribution < 1.29 is 28.8 Å². The van der Waals surface area contributed by atoms with Crippen LogP contribution in [-0.4, -0.2) is 66.6 Å². The smallest absolute Gasteiger partial charge is 0.297 e. The molecule has 0 saturated carbocycles. The lowest BCUT2D eigenvalue weighted by atomic mass is 9.98. The number of hydrogen-bond acceptors (Lipinski definition) is 6.